The third-order valence-corrected chi connectivity index (χ3v) is 2.75. The highest BCUT2D eigenvalue weighted by atomic mass is 16.5. The van der Waals surface area contributed by atoms with Crippen molar-refractivity contribution in [1.82, 2.24) is 5.32 Å². The second kappa shape index (κ2) is 3.35. The molecular weight excluding hydrogens is 150 g/mol. The quantitative estimate of drug-likeness (QED) is 0.679. The highest BCUT2D eigenvalue weighted by molar-refractivity contribution is 4.88. The molecule has 2 rings (SSSR count). The summed E-state index contributed by atoms with van der Waals surface area (Å²) >= 11 is 0. The standard InChI is InChI=1S/C10H19NO/c1-7-5-10(6-8(2)12-7)11-9-3-4-9/h7-11H,3-6H2,1-2H3/t7-,8-/m1/s1. The molecule has 1 aliphatic heterocycles. The van der Waals surface area contributed by atoms with Crippen molar-refractivity contribution in [3.8, 4) is 0 Å². The molecule has 1 heterocycles. The molecule has 2 aliphatic rings. The highest BCUT2D eigenvalue weighted by Crippen LogP contribution is 2.25. The third-order valence-electron chi connectivity index (χ3n) is 2.75. The Hall–Kier alpha value is -0.0800. The Kier molecular flexibility index (Phi) is 2.37. The first-order valence-electron chi connectivity index (χ1n) is 5.15. The van der Waals surface area contributed by atoms with Gasteiger partial charge in [0.15, 0.2) is 0 Å². The van der Waals surface area contributed by atoms with Crippen LogP contribution >= 0.6 is 0 Å². The molecule has 2 nitrogen and oxygen atoms in total. The first kappa shape index (κ1) is 8.52. The lowest BCUT2D eigenvalue weighted by molar-refractivity contribution is -0.0422. The molecule has 1 saturated carbocycles. The molecule has 0 spiro atoms. The predicted octanol–water partition coefficient (Wildman–Crippen LogP) is 1.69. The molecule has 1 N–H and O–H groups in total. The first-order chi connectivity index (χ1) is 5.74. The van der Waals surface area contributed by atoms with Gasteiger partial charge in [0.05, 0.1) is 12.2 Å². The lowest BCUT2D eigenvalue weighted by Gasteiger charge is -2.32. The normalized spacial score (nSPS) is 43.0. The lowest BCUT2D eigenvalue weighted by Crippen LogP contribution is -2.42. The van der Waals surface area contributed by atoms with Crippen molar-refractivity contribution in [2.24, 2.45) is 0 Å². The molecule has 2 atom stereocenters. The second-order valence-electron chi connectivity index (χ2n) is 4.37. The van der Waals surface area contributed by atoms with Crippen molar-refractivity contribution in [1.29, 1.82) is 0 Å². The second-order valence-corrected chi connectivity index (χ2v) is 4.37. The SMILES string of the molecule is C[C@@H]1CC(NC2CC2)C[C@@H](C)O1. The Morgan fingerprint density at radius 3 is 2.08 bits per heavy atom. The maximum atomic E-state index is 5.68. The fourth-order valence-corrected chi connectivity index (χ4v) is 2.12. The van der Waals surface area contributed by atoms with Crippen LogP contribution in [0.25, 0.3) is 0 Å². The smallest absolute Gasteiger partial charge is 0.0565 e. The summed E-state index contributed by atoms with van der Waals surface area (Å²) in [5, 5.41) is 3.67. The Balaban J connectivity index is 1.79. The van der Waals surface area contributed by atoms with Gasteiger partial charge < -0.3 is 10.1 Å². The summed E-state index contributed by atoms with van der Waals surface area (Å²) in [5.74, 6) is 0. The molecule has 0 aromatic heterocycles. The van der Waals surface area contributed by atoms with Gasteiger partial charge in [-0.05, 0) is 39.5 Å². The first-order valence-corrected chi connectivity index (χ1v) is 5.15. The van der Waals surface area contributed by atoms with Gasteiger partial charge in [0, 0.05) is 12.1 Å². The van der Waals surface area contributed by atoms with E-state index in [2.05, 4.69) is 19.2 Å². The van der Waals surface area contributed by atoms with E-state index in [1.165, 1.54) is 25.7 Å². The van der Waals surface area contributed by atoms with E-state index in [4.69, 9.17) is 4.74 Å². The fraction of sp³-hybridized carbons (Fsp3) is 1.00. The molecule has 0 aromatic carbocycles. The molecule has 2 fully saturated rings. The zero-order valence-electron chi connectivity index (χ0n) is 8.05. The van der Waals surface area contributed by atoms with Crippen LogP contribution in [0.2, 0.25) is 0 Å². The van der Waals surface area contributed by atoms with E-state index in [0.29, 0.717) is 12.2 Å². The average molecular weight is 169 g/mol. The minimum absolute atomic E-state index is 0.449. The van der Waals surface area contributed by atoms with E-state index in [9.17, 15) is 0 Å². The summed E-state index contributed by atoms with van der Waals surface area (Å²) < 4.78 is 5.68. The number of nitrogens with one attached hydrogen (secondary N) is 1. The molecule has 2 heteroatoms. The Morgan fingerprint density at radius 2 is 1.58 bits per heavy atom. The summed E-state index contributed by atoms with van der Waals surface area (Å²) in [6.07, 6.45) is 6.07. The number of hydrogen-bond donors (Lipinski definition) is 1. The van der Waals surface area contributed by atoms with Crippen molar-refractivity contribution < 1.29 is 4.74 Å². The molecule has 0 unspecified atom stereocenters. The predicted molar refractivity (Wildman–Crippen MR) is 49.2 cm³/mol. The molecule has 1 aliphatic carbocycles. The van der Waals surface area contributed by atoms with Gasteiger partial charge in [0.25, 0.3) is 0 Å². The van der Waals surface area contributed by atoms with Crippen molar-refractivity contribution in [3.63, 3.8) is 0 Å². The van der Waals surface area contributed by atoms with Gasteiger partial charge in [0.2, 0.25) is 0 Å². The van der Waals surface area contributed by atoms with Crippen LogP contribution in [-0.4, -0.2) is 24.3 Å². The van der Waals surface area contributed by atoms with E-state index in [1.54, 1.807) is 0 Å². The summed E-state index contributed by atoms with van der Waals surface area (Å²) in [4.78, 5) is 0. The van der Waals surface area contributed by atoms with E-state index in [0.717, 1.165) is 12.1 Å². The molecule has 1 saturated heterocycles. The van der Waals surface area contributed by atoms with Gasteiger partial charge in [-0.25, -0.2) is 0 Å². The Bertz CT molecular complexity index is 143. The van der Waals surface area contributed by atoms with E-state index in [-0.39, 0.29) is 0 Å². The van der Waals surface area contributed by atoms with Crippen molar-refractivity contribution in [2.75, 3.05) is 0 Å². The molecule has 0 amide bonds. The maximum Gasteiger partial charge on any atom is 0.0565 e. The zero-order valence-corrected chi connectivity index (χ0v) is 8.05. The Labute approximate surface area is 74.7 Å². The van der Waals surface area contributed by atoms with Crippen LogP contribution in [0.5, 0.6) is 0 Å². The van der Waals surface area contributed by atoms with Crippen molar-refractivity contribution >= 4 is 0 Å². The highest BCUT2D eigenvalue weighted by Gasteiger charge is 2.29. The fourth-order valence-electron chi connectivity index (χ4n) is 2.12. The van der Waals surface area contributed by atoms with Crippen LogP contribution < -0.4 is 5.32 Å². The number of hydrogen-bond acceptors (Lipinski definition) is 2. The van der Waals surface area contributed by atoms with Crippen molar-refractivity contribution in [3.05, 3.63) is 0 Å². The van der Waals surface area contributed by atoms with E-state index in [1.807, 2.05) is 0 Å². The maximum absolute atomic E-state index is 5.68. The van der Waals surface area contributed by atoms with E-state index < -0.39 is 0 Å². The van der Waals surface area contributed by atoms with Gasteiger partial charge in [-0.1, -0.05) is 0 Å². The van der Waals surface area contributed by atoms with Crippen LogP contribution in [0.15, 0.2) is 0 Å². The van der Waals surface area contributed by atoms with Gasteiger partial charge in [-0.15, -0.1) is 0 Å². The summed E-state index contributed by atoms with van der Waals surface area (Å²) in [6.45, 7) is 4.36. The summed E-state index contributed by atoms with van der Waals surface area (Å²) in [6, 6.07) is 1.56. The number of ether oxygens (including phenoxy) is 1. The molecule has 0 radical (unpaired) electrons. The molecule has 70 valence electrons. The molecule has 0 bridgehead atoms. The molecule has 12 heavy (non-hydrogen) atoms. The van der Waals surface area contributed by atoms with Gasteiger partial charge in [-0.3, -0.25) is 0 Å². The van der Waals surface area contributed by atoms with E-state index >= 15 is 0 Å². The average Bonchev–Trinajstić information content (AvgIpc) is 2.68. The van der Waals surface area contributed by atoms with Crippen LogP contribution in [-0.2, 0) is 4.74 Å². The zero-order chi connectivity index (χ0) is 8.55. The van der Waals surface area contributed by atoms with Gasteiger partial charge in [-0.2, -0.15) is 0 Å². The largest absolute Gasteiger partial charge is 0.375 e. The van der Waals surface area contributed by atoms with Crippen LogP contribution in [0, 0.1) is 0 Å². The minimum atomic E-state index is 0.449. The van der Waals surface area contributed by atoms with Gasteiger partial charge in [0.1, 0.15) is 0 Å². The monoisotopic (exact) mass is 169 g/mol. The van der Waals surface area contributed by atoms with Crippen LogP contribution in [0.1, 0.15) is 39.5 Å². The lowest BCUT2D eigenvalue weighted by atomic mass is 10.00. The molecule has 0 aromatic rings. The molecular formula is C10H19NO. The Morgan fingerprint density at radius 1 is 1.00 bits per heavy atom. The topological polar surface area (TPSA) is 21.3 Å². The summed E-state index contributed by atoms with van der Waals surface area (Å²) in [7, 11) is 0. The minimum Gasteiger partial charge on any atom is -0.375 e. The van der Waals surface area contributed by atoms with Crippen molar-refractivity contribution in [2.45, 2.75) is 63.8 Å². The number of rotatable bonds is 2. The third kappa shape index (κ3) is 2.20. The van der Waals surface area contributed by atoms with Gasteiger partial charge >= 0.3 is 0 Å². The van der Waals surface area contributed by atoms with Crippen LogP contribution in [0.3, 0.4) is 0 Å². The van der Waals surface area contributed by atoms with Crippen LogP contribution in [0.4, 0.5) is 0 Å². The summed E-state index contributed by atoms with van der Waals surface area (Å²) in [5.41, 5.74) is 0.